The number of anilines is 1. The lowest BCUT2D eigenvalue weighted by Crippen LogP contribution is -2.36. The second-order valence-corrected chi connectivity index (χ2v) is 9.72. The number of para-hydroxylation sites is 1. The minimum Gasteiger partial charge on any atom is -0.322 e. The third kappa shape index (κ3) is 4.81. The van der Waals surface area contributed by atoms with E-state index in [4.69, 9.17) is 0 Å². The molecule has 0 radical (unpaired) electrons. The zero-order valence-electron chi connectivity index (χ0n) is 17.5. The summed E-state index contributed by atoms with van der Waals surface area (Å²) in [5, 5.41) is 2.93. The summed E-state index contributed by atoms with van der Waals surface area (Å²) >= 11 is 0. The second-order valence-electron chi connectivity index (χ2n) is 7.74. The van der Waals surface area contributed by atoms with Crippen molar-refractivity contribution in [3.05, 3.63) is 88.5 Å². The molecule has 1 aromatic heterocycles. The standard InChI is InChI=1S/C23H24N4O3S/c1-16-8-9-17(12-20(16)23(28)26-18-6-4-3-5-7-18)13-21-19-10-11-27(31(2,29)30)14-22(19)25-15-24-21/h3-9,12,15H,10-11,13-14H2,1-2H3,(H,26,28). The number of carbonyl (C=O) groups is 1. The molecule has 1 aliphatic heterocycles. The van der Waals surface area contributed by atoms with Gasteiger partial charge in [0, 0.05) is 24.2 Å². The number of aryl methyl sites for hydroxylation is 1. The van der Waals surface area contributed by atoms with Crippen molar-refractivity contribution in [2.45, 2.75) is 26.3 Å². The van der Waals surface area contributed by atoms with Crippen LogP contribution in [0.1, 0.15) is 38.4 Å². The van der Waals surface area contributed by atoms with E-state index in [1.54, 1.807) is 0 Å². The molecule has 0 spiro atoms. The Hall–Kier alpha value is -3.10. The van der Waals surface area contributed by atoms with Gasteiger partial charge in [-0.1, -0.05) is 30.3 Å². The maximum absolute atomic E-state index is 12.8. The number of nitrogens with zero attached hydrogens (tertiary/aromatic N) is 3. The van der Waals surface area contributed by atoms with Crippen LogP contribution in [0.25, 0.3) is 0 Å². The number of hydrogen-bond acceptors (Lipinski definition) is 5. The van der Waals surface area contributed by atoms with Crippen molar-refractivity contribution < 1.29 is 13.2 Å². The van der Waals surface area contributed by atoms with Crippen molar-refractivity contribution in [3.8, 4) is 0 Å². The monoisotopic (exact) mass is 436 g/mol. The summed E-state index contributed by atoms with van der Waals surface area (Å²) in [7, 11) is -3.26. The lowest BCUT2D eigenvalue weighted by molar-refractivity contribution is 0.102. The number of amides is 1. The Morgan fingerprint density at radius 1 is 1.13 bits per heavy atom. The number of benzene rings is 2. The molecule has 0 saturated carbocycles. The number of hydrogen-bond donors (Lipinski definition) is 1. The highest BCUT2D eigenvalue weighted by Gasteiger charge is 2.26. The van der Waals surface area contributed by atoms with Gasteiger partial charge in [0.25, 0.3) is 5.91 Å². The van der Waals surface area contributed by atoms with Gasteiger partial charge in [-0.25, -0.2) is 18.4 Å². The van der Waals surface area contributed by atoms with Crippen LogP contribution in [0.15, 0.2) is 54.9 Å². The third-order valence-corrected chi connectivity index (χ3v) is 6.73. The second kappa shape index (κ2) is 8.56. The Labute approximate surface area is 182 Å². The van der Waals surface area contributed by atoms with Crippen LogP contribution in [0.5, 0.6) is 0 Å². The van der Waals surface area contributed by atoms with Gasteiger partial charge in [-0.3, -0.25) is 4.79 Å². The SMILES string of the molecule is Cc1ccc(Cc2ncnc3c2CCN(S(C)(=O)=O)C3)cc1C(=O)Nc1ccccc1. The number of sulfonamides is 1. The van der Waals surface area contributed by atoms with Crippen LogP contribution in [0.2, 0.25) is 0 Å². The van der Waals surface area contributed by atoms with Crippen LogP contribution in [-0.2, 0) is 29.4 Å². The van der Waals surface area contributed by atoms with Crippen molar-refractivity contribution in [3.63, 3.8) is 0 Å². The number of fused-ring (bicyclic) bond motifs is 1. The van der Waals surface area contributed by atoms with Gasteiger partial charge in [-0.05, 0) is 48.2 Å². The predicted molar refractivity (Wildman–Crippen MR) is 119 cm³/mol. The smallest absolute Gasteiger partial charge is 0.255 e. The zero-order valence-corrected chi connectivity index (χ0v) is 18.3. The van der Waals surface area contributed by atoms with E-state index >= 15 is 0 Å². The molecule has 0 aliphatic carbocycles. The van der Waals surface area contributed by atoms with Gasteiger partial charge in [0.15, 0.2) is 0 Å². The maximum Gasteiger partial charge on any atom is 0.255 e. The number of rotatable bonds is 5. The lowest BCUT2D eigenvalue weighted by Gasteiger charge is -2.27. The van der Waals surface area contributed by atoms with E-state index in [-0.39, 0.29) is 12.5 Å². The average molecular weight is 437 g/mol. The summed E-state index contributed by atoms with van der Waals surface area (Å²) in [4.78, 5) is 21.6. The van der Waals surface area contributed by atoms with Crippen LogP contribution < -0.4 is 5.32 Å². The molecule has 7 nitrogen and oxygen atoms in total. The summed E-state index contributed by atoms with van der Waals surface area (Å²) < 4.78 is 25.2. The largest absolute Gasteiger partial charge is 0.322 e. The van der Waals surface area contributed by atoms with Crippen LogP contribution in [-0.4, -0.2) is 41.4 Å². The lowest BCUT2D eigenvalue weighted by atomic mass is 9.97. The van der Waals surface area contributed by atoms with E-state index in [1.807, 2.05) is 55.5 Å². The van der Waals surface area contributed by atoms with Gasteiger partial charge in [0.2, 0.25) is 10.0 Å². The fourth-order valence-electron chi connectivity index (χ4n) is 3.77. The number of nitrogens with one attached hydrogen (secondary N) is 1. The van der Waals surface area contributed by atoms with Crippen LogP contribution in [0.3, 0.4) is 0 Å². The molecule has 0 atom stereocenters. The highest BCUT2D eigenvalue weighted by atomic mass is 32.2. The minimum absolute atomic E-state index is 0.154. The highest BCUT2D eigenvalue weighted by Crippen LogP contribution is 2.24. The van der Waals surface area contributed by atoms with Gasteiger partial charge in [-0.2, -0.15) is 4.31 Å². The normalized spacial score (nSPS) is 14.1. The van der Waals surface area contributed by atoms with Gasteiger partial charge in [-0.15, -0.1) is 0 Å². The molecule has 0 saturated heterocycles. The predicted octanol–water partition coefficient (Wildman–Crippen LogP) is 2.95. The fraction of sp³-hybridized carbons (Fsp3) is 0.261. The van der Waals surface area contributed by atoms with Gasteiger partial charge in [0.1, 0.15) is 6.33 Å². The minimum atomic E-state index is -3.26. The van der Waals surface area contributed by atoms with Crippen molar-refractivity contribution in [1.29, 1.82) is 0 Å². The third-order valence-electron chi connectivity index (χ3n) is 5.48. The molecule has 3 aromatic rings. The first kappa shape index (κ1) is 21.1. The Morgan fingerprint density at radius 2 is 1.90 bits per heavy atom. The molecule has 0 bridgehead atoms. The topological polar surface area (TPSA) is 92.3 Å². The van der Waals surface area contributed by atoms with Gasteiger partial charge < -0.3 is 5.32 Å². The molecule has 31 heavy (non-hydrogen) atoms. The first-order chi connectivity index (χ1) is 14.8. The van der Waals surface area contributed by atoms with Crippen LogP contribution in [0.4, 0.5) is 5.69 Å². The van der Waals surface area contributed by atoms with E-state index in [2.05, 4.69) is 15.3 Å². The molecule has 4 rings (SSSR count). The average Bonchev–Trinajstić information content (AvgIpc) is 2.75. The first-order valence-electron chi connectivity index (χ1n) is 10.0. The molecular weight excluding hydrogens is 412 g/mol. The molecule has 0 unspecified atom stereocenters. The van der Waals surface area contributed by atoms with Crippen molar-refractivity contribution in [2.24, 2.45) is 0 Å². The first-order valence-corrected chi connectivity index (χ1v) is 11.9. The summed E-state index contributed by atoms with van der Waals surface area (Å²) in [6, 6.07) is 15.2. The summed E-state index contributed by atoms with van der Waals surface area (Å²) in [6.45, 7) is 2.60. The van der Waals surface area contributed by atoms with Crippen LogP contribution >= 0.6 is 0 Å². The van der Waals surface area contributed by atoms with E-state index in [1.165, 1.54) is 16.9 Å². The Bertz CT molecular complexity index is 1230. The molecule has 8 heteroatoms. The fourth-order valence-corrected chi connectivity index (χ4v) is 4.55. The van der Waals surface area contributed by atoms with E-state index < -0.39 is 10.0 Å². The van der Waals surface area contributed by atoms with E-state index in [9.17, 15) is 13.2 Å². The molecule has 1 amide bonds. The summed E-state index contributed by atoms with van der Waals surface area (Å²) in [5.41, 5.74) is 5.84. The summed E-state index contributed by atoms with van der Waals surface area (Å²) in [5.74, 6) is -0.154. The summed E-state index contributed by atoms with van der Waals surface area (Å²) in [6.07, 6.45) is 3.83. The maximum atomic E-state index is 12.8. The van der Waals surface area contributed by atoms with E-state index in [0.717, 1.165) is 33.8 Å². The van der Waals surface area contributed by atoms with Crippen molar-refractivity contribution in [1.82, 2.24) is 14.3 Å². The molecule has 160 valence electrons. The van der Waals surface area contributed by atoms with E-state index in [0.29, 0.717) is 24.9 Å². The van der Waals surface area contributed by atoms with Gasteiger partial charge >= 0.3 is 0 Å². The van der Waals surface area contributed by atoms with Crippen LogP contribution in [0, 0.1) is 6.92 Å². The molecular formula is C23H24N4O3S. The molecule has 2 heterocycles. The van der Waals surface area contributed by atoms with Crippen molar-refractivity contribution >= 4 is 21.6 Å². The Balaban J connectivity index is 1.57. The molecule has 2 aromatic carbocycles. The number of aromatic nitrogens is 2. The molecule has 1 N–H and O–H groups in total. The Morgan fingerprint density at radius 3 is 2.65 bits per heavy atom. The Kier molecular flexibility index (Phi) is 5.84. The number of carbonyl (C=O) groups excluding carboxylic acids is 1. The molecule has 1 aliphatic rings. The molecule has 0 fully saturated rings. The van der Waals surface area contributed by atoms with Gasteiger partial charge in [0.05, 0.1) is 24.2 Å². The highest BCUT2D eigenvalue weighted by molar-refractivity contribution is 7.88. The quantitative estimate of drug-likeness (QED) is 0.664. The van der Waals surface area contributed by atoms with Crippen molar-refractivity contribution in [2.75, 3.05) is 18.1 Å². The zero-order chi connectivity index (χ0) is 22.0.